The van der Waals surface area contributed by atoms with Gasteiger partial charge in [0.2, 0.25) is 5.88 Å². The molecule has 0 aliphatic heterocycles. The third-order valence-corrected chi connectivity index (χ3v) is 2.02. The highest BCUT2D eigenvalue weighted by Crippen LogP contribution is 2.27. The molecule has 0 aliphatic rings. The van der Waals surface area contributed by atoms with Gasteiger partial charge in [0.15, 0.2) is 0 Å². The SMILES string of the molecule is Nc1ccc(Oc2ccccc2Cl)nn1. The fourth-order valence-corrected chi connectivity index (χ4v) is 1.20. The lowest BCUT2D eigenvalue weighted by Crippen LogP contribution is -1.94. The molecule has 0 saturated carbocycles. The van der Waals surface area contributed by atoms with Crippen LogP contribution in [0.3, 0.4) is 0 Å². The first kappa shape index (κ1) is 9.73. The second kappa shape index (κ2) is 4.14. The molecule has 2 rings (SSSR count). The molecule has 0 amide bonds. The number of nitrogens with zero attached hydrogens (tertiary/aromatic N) is 2. The van der Waals surface area contributed by atoms with Crippen LogP contribution in [0.1, 0.15) is 0 Å². The van der Waals surface area contributed by atoms with Crippen LogP contribution >= 0.6 is 11.6 Å². The van der Waals surface area contributed by atoms with Crippen molar-refractivity contribution in [3.05, 3.63) is 41.4 Å². The molecule has 0 fully saturated rings. The number of rotatable bonds is 2. The van der Waals surface area contributed by atoms with Crippen LogP contribution in [0.25, 0.3) is 0 Å². The van der Waals surface area contributed by atoms with Crippen molar-refractivity contribution < 1.29 is 4.74 Å². The third-order valence-electron chi connectivity index (χ3n) is 1.71. The number of para-hydroxylation sites is 1. The highest BCUT2D eigenvalue weighted by Gasteiger charge is 2.02. The Bertz CT molecular complexity index is 458. The zero-order valence-corrected chi connectivity index (χ0v) is 8.48. The van der Waals surface area contributed by atoms with E-state index in [1.165, 1.54) is 0 Å². The number of ether oxygens (including phenoxy) is 1. The van der Waals surface area contributed by atoms with E-state index in [9.17, 15) is 0 Å². The van der Waals surface area contributed by atoms with Crippen LogP contribution in [0, 0.1) is 0 Å². The van der Waals surface area contributed by atoms with E-state index in [0.29, 0.717) is 22.5 Å². The zero-order valence-electron chi connectivity index (χ0n) is 7.72. The van der Waals surface area contributed by atoms with E-state index in [0.717, 1.165) is 0 Å². The van der Waals surface area contributed by atoms with E-state index in [1.54, 1.807) is 24.3 Å². The van der Waals surface area contributed by atoms with Crippen molar-refractivity contribution >= 4 is 17.4 Å². The van der Waals surface area contributed by atoms with Gasteiger partial charge in [-0.25, -0.2) is 0 Å². The second-order valence-corrected chi connectivity index (χ2v) is 3.24. The molecule has 0 aliphatic carbocycles. The summed E-state index contributed by atoms with van der Waals surface area (Å²) in [5, 5.41) is 7.95. The Balaban J connectivity index is 2.22. The Morgan fingerprint density at radius 2 is 1.87 bits per heavy atom. The van der Waals surface area contributed by atoms with Gasteiger partial charge in [0.05, 0.1) is 5.02 Å². The zero-order chi connectivity index (χ0) is 10.7. The Hall–Kier alpha value is -1.81. The molecule has 0 saturated heterocycles. The van der Waals surface area contributed by atoms with Gasteiger partial charge in [-0.15, -0.1) is 10.2 Å². The van der Waals surface area contributed by atoms with Crippen LogP contribution in [-0.2, 0) is 0 Å². The molecule has 1 aromatic heterocycles. The average Bonchev–Trinajstić information content (AvgIpc) is 2.25. The lowest BCUT2D eigenvalue weighted by Gasteiger charge is -2.04. The summed E-state index contributed by atoms with van der Waals surface area (Å²) in [6, 6.07) is 10.4. The number of aromatic nitrogens is 2. The summed E-state index contributed by atoms with van der Waals surface area (Å²) in [5.74, 6) is 1.25. The van der Waals surface area contributed by atoms with Gasteiger partial charge >= 0.3 is 0 Å². The fourth-order valence-electron chi connectivity index (χ4n) is 1.02. The maximum Gasteiger partial charge on any atom is 0.239 e. The lowest BCUT2D eigenvalue weighted by molar-refractivity contribution is 0.456. The van der Waals surface area contributed by atoms with Gasteiger partial charge in [-0.3, -0.25) is 0 Å². The summed E-state index contributed by atoms with van der Waals surface area (Å²) in [6.07, 6.45) is 0. The van der Waals surface area contributed by atoms with Crippen molar-refractivity contribution in [2.75, 3.05) is 5.73 Å². The number of hydrogen-bond donors (Lipinski definition) is 1. The Labute approximate surface area is 91.7 Å². The number of nitrogens with two attached hydrogens (primary N) is 1. The molecule has 76 valence electrons. The first-order valence-electron chi connectivity index (χ1n) is 4.27. The first-order valence-corrected chi connectivity index (χ1v) is 4.65. The monoisotopic (exact) mass is 221 g/mol. The Kier molecular flexibility index (Phi) is 2.69. The Morgan fingerprint density at radius 3 is 2.53 bits per heavy atom. The van der Waals surface area contributed by atoms with Crippen molar-refractivity contribution in [3.8, 4) is 11.6 Å². The average molecular weight is 222 g/mol. The van der Waals surface area contributed by atoms with Gasteiger partial charge in [-0.05, 0) is 18.2 Å². The van der Waals surface area contributed by atoms with Crippen molar-refractivity contribution in [1.82, 2.24) is 10.2 Å². The maximum absolute atomic E-state index is 5.91. The summed E-state index contributed by atoms with van der Waals surface area (Å²) in [6.45, 7) is 0. The van der Waals surface area contributed by atoms with Gasteiger partial charge in [-0.1, -0.05) is 23.7 Å². The second-order valence-electron chi connectivity index (χ2n) is 2.83. The summed E-state index contributed by atoms with van der Waals surface area (Å²) >= 11 is 5.91. The van der Waals surface area contributed by atoms with E-state index in [1.807, 2.05) is 12.1 Å². The summed E-state index contributed by atoms with van der Waals surface area (Å²) in [4.78, 5) is 0. The standard InChI is InChI=1S/C10H8ClN3O/c11-7-3-1-2-4-8(7)15-10-6-5-9(12)13-14-10/h1-6H,(H2,12,13). The summed E-state index contributed by atoms with van der Waals surface area (Å²) in [5.41, 5.74) is 5.39. The molecule has 15 heavy (non-hydrogen) atoms. The molecule has 0 bridgehead atoms. The topological polar surface area (TPSA) is 61.0 Å². The smallest absolute Gasteiger partial charge is 0.239 e. The van der Waals surface area contributed by atoms with Crippen LogP contribution in [0.15, 0.2) is 36.4 Å². The molecular formula is C10H8ClN3O. The molecule has 5 heteroatoms. The fraction of sp³-hybridized carbons (Fsp3) is 0. The number of anilines is 1. The van der Waals surface area contributed by atoms with E-state index >= 15 is 0 Å². The minimum absolute atomic E-state index is 0.349. The number of nitrogen functional groups attached to an aromatic ring is 1. The normalized spacial score (nSPS) is 9.93. The molecule has 0 unspecified atom stereocenters. The van der Waals surface area contributed by atoms with Crippen molar-refractivity contribution in [2.24, 2.45) is 0 Å². The van der Waals surface area contributed by atoms with E-state index < -0.39 is 0 Å². The van der Waals surface area contributed by atoms with Crippen LogP contribution in [-0.4, -0.2) is 10.2 Å². The first-order chi connectivity index (χ1) is 7.25. The van der Waals surface area contributed by atoms with Crippen molar-refractivity contribution in [2.45, 2.75) is 0 Å². The van der Waals surface area contributed by atoms with Gasteiger partial charge in [0, 0.05) is 6.07 Å². The van der Waals surface area contributed by atoms with Gasteiger partial charge in [-0.2, -0.15) is 0 Å². The van der Waals surface area contributed by atoms with Crippen molar-refractivity contribution in [3.63, 3.8) is 0 Å². The highest BCUT2D eigenvalue weighted by atomic mass is 35.5. The quantitative estimate of drug-likeness (QED) is 0.847. The third kappa shape index (κ3) is 2.35. The number of hydrogen-bond acceptors (Lipinski definition) is 4. The minimum atomic E-state index is 0.349. The molecule has 1 aromatic carbocycles. The molecule has 0 atom stereocenters. The number of benzene rings is 1. The molecule has 2 N–H and O–H groups in total. The minimum Gasteiger partial charge on any atom is -0.436 e. The van der Waals surface area contributed by atoms with Crippen LogP contribution in [0.4, 0.5) is 5.82 Å². The predicted octanol–water partition coefficient (Wildman–Crippen LogP) is 2.50. The molecule has 0 spiro atoms. The molecule has 4 nitrogen and oxygen atoms in total. The van der Waals surface area contributed by atoms with E-state index in [2.05, 4.69) is 10.2 Å². The lowest BCUT2D eigenvalue weighted by atomic mass is 10.3. The van der Waals surface area contributed by atoms with Crippen LogP contribution < -0.4 is 10.5 Å². The molecule has 1 heterocycles. The molecule has 0 radical (unpaired) electrons. The van der Waals surface area contributed by atoms with Gasteiger partial charge < -0.3 is 10.5 Å². The molecular weight excluding hydrogens is 214 g/mol. The highest BCUT2D eigenvalue weighted by molar-refractivity contribution is 6.32. The van der Waals surface area contributed by atoms with Crippen LogP contribution in [0.2, 0.25) is 5.02 Å². The number of halogens is 1. The molecule has 2 aromatic rings. The van der Waals surface area contributed by atoms with E-state index in [-0.39, 0.29) is 0 Å². The van der Waals surface area contributed by atoms with Gasteiger partial charge in [0.25, 0.3) is 0 Å². The Morgan fingerprint density at radius 1 is 1.07 bits per heavy atom. The summed E-state index contributed by atoms with van der Waals surface area (Å²) < 4.78 is 5.40. The van der Waals surface area contributed by atoms with Crippen molar-refractivity contribution in [1.29, 1.82) is 0 Å². The summed E-state index contributed by atoms with van der Waals surface area (Å²) in [7, 11) is 0. The van der Waals surface area contributed by atoms with E-state index in [4.69, 9.17) is 22.1 Å². The van der Waals surface area contributed by atoms with Crippen LogP contribution in [0.5, 0.6) is 11.6 Å². The van der Waals surface area contributed by atoms with Gasteiger partial charge in [0.1, 0.15) is 11.6 Å². The maximum atomic E-state index is 5.91. The largest absolute Gasteiger partial charge is 0.436 e. The predicted molar refractivity (Wildman–Crippen MR) is 58.0 cm³/mol.